The average Bonchev–Trinajstić information content (AvgIpc) is 3.11. The summed E-state index contributed by atoms with van der Waals surface area (Å²) in [6, 6.07) is 17.4. The first-order chi connectivity index (χ1) is 13.1. The van der Waals surface area contributed by atoms with Crippen molar-refractivity contribution in [2.24, 2.45) is 0 Å². The van der Waals surface area contributed by atoms with Crippen molar-refractivity contribution in [3.05, 3.63) is 87.1 Å². The predicted octanol–water partition coefficient (Wildman–Crippen LogP) is 5.49. The highest BCUT2D eigenvalue weighted by Gasteiger charge is 2.07. The lowest BCUT2D eigenvalue weighted by molar-refractivity contribution is 0.104. The van der Waals surface area contributed by atoms with E-state index in [0.29, 0.717) is 22.6 Å². The number of hydrogen-bond donors (Lipinski definition) is 0. The third kappa shape index (κ3) is 4.49. The Labute approximate surface area is 161 Å². The molecule has 0 atom stereocenters. The van der Waals surface area contributed by atoms with E-state index in [9.17, 15) is 4.79 Å². The molecule has 0 saturated heterocycles. The normalized spacial score (nSPS) is 10.3. The molecule has 3 aromatic rings. The van der Waals surface area contributed by atoms with Crippen LogP contribution in [0.3, 0.4) is 0 Å². The van der Waals surface area contributed by atoms with Crippen molar-refractivity contribution in [2.75, 3.05) is 0 Å². The van der Waals surface area contributed by atoms with Crippen LogP contribution in [0, 0.1) is 29.6 Å². The number of carbonyl (C=O) groups excluding carboxylic acids is 1. The lowest BCUT2D eigenvalue weighted by atomic mass is 10.1. The largest absolute Gasteiger partial charge is 0.457 e. The van der Waals surface area contributed by atoms with E-state index < -0.39 is 0 Å². The molecular formula is C22H14N2O2S. The Kier molecular flexibility index (Phi) is 5.47. The van der Waals surface area contributed by atoms with Crippen LogP contribution < -0.4 is 4.74 Å². The molecule has 0 spiro atoms. The van der Waals surface area contributed by atoms with Crippen LogP contribution >= 0.6 is 11.3 Å². The fourth-order valence-corrected chi connectivity index (χ4v) is 3.21. The van der Waals surface area contributed by atoms with Gasteiger partial charge >= 0.3 is 0 Å². The smallest absolute Gasteiger partial charge is 0.186 e. The number of benzene rings is 2. The molecule has 0 aliphatic heterocycles. The maximum Gasteiger partial charge on any atom is 0.186 e. The first-order valence-corrected chi connectivity index (χ1v) is 8.97. The van der Waals surface area contributed by atoms with Crippen molar-refractivity contribution in [3.8, 4) is 23.6 Å². The number of carbonyl (C=O) groups is 1. The van der Waals surface area contributed by atoms with Crippen LogP contribution in [0.25, 0.3) is 6.08 Å². The molecule has 0 N–H and O–H groups in total. The summed E-state index contributed by atoms with van der Waals surface area (Å²) in [5.74, 6) is 0.790. The predicted molar refractivity (Wildman–Crippen MR) is 105 cm³/mol. The highest BCUT2D eigenvalue weighted by molar-refractivity contribution is 7.11. The summed E-state index contributed by atoms with van der Waals surface area (Å²) in [7, 11) is 0. The van der Waals surface area contributed by atoms with Gasteiger partial charge in [0.15, 0.2) is 5.78 Å². The van der Waals surface area contributed by atoms with Gasteiger partial charge in [-0.2, -0.15) is 10.5 Å². The van der Waals surface area contributed by atoms with Crippen LogP contribution in [-0.2, 0) is 0 Å². The number of nitrogens with zero attached hydrogens (tertiary/aromatic N) is 2. The van der Waals surface area contributed by atoms with E-state index in [4.69, 9.17) is 15.3 Å². The van der Waals surface area contributed by atoms with Gasteiger partial charge in [-0.15, -0.1) is 11.3 Å². The average molecular weight is 370 g/mol. The molecule has 0 unspecified atom stereocenters. The minimum Gasteiger partial charge on any atom is -0.457 e. The first kappa shape index (κ1) is 18.1. The lowest BCUT2D eigenvalue weighted by Crippen LogP contribution is -1.95. The van der Waals surface area contributed by atoms with Crippen LogP contribution in [0.5, 0.6) is 11.5 Å². The molecule has 130 valence electrons. The molecule has 1 aromatic heterocycles. The SMILES string of the molecule is Cc1csc(/C=C/C(=O)c2cccc(Oc3ccc(C#N)c(C#N)c3)c2)c1. The van der Waals surface area contributed by atoms with Crippen molar-refractivity contribution >= 4 is 23.2 Å². The molecule has 1 heterocycles. The molecule has 0 fully saturated rings. The van der Waals surface area contributed by atoms with E-state index in [2.05, 4.69) is 0 Å². The topological polar surface area (TPSA) is 73.9 Å². The van der Waals surface area contributed by atoms with Gasteiger partial charge in [-0.1, -0.05) is 12.1 Å². The van der Waals surface area contributed by atoms with Gasteiger partial charge in [0.1, 0.15) is 23.6 Å². The van der Waals surface area contributed by atoms with Crippen LogP contribution in [-0.4, -0.2) is 5.78 Å². The number of rotatable bonds is 5. The Morgan fingerprint density at radius 1 is 1.04 bits per heavy atom. The first-order valence-electron chi connectivity index (χ1n) is 8.09. The number of ether oxygens (including phenoxy) is 1. The van der Waals surface area contributed by atoms with Crippen LogP contribution in [0.15, 0.2) is 60.0 Å². The summed E-state index contributed by atoms with van der Waals surface area (Å²) in [5, 5.41) is 20.1. The van der Waals surface area contributed by atoms with Gasteiger partial charge in [0, 0.05) is 10.4 Å². The molecule has 0 bridgehead atoms. The molecular weight excluding hydrogens is 356 g/mol. The maximum absolute atomic E-state index is 12.4. The van der Waals surface area contributed by atoms with E-state index >= 15 is 0 Å². The molecule has 0 aliphatic rings. The van der Waals surface area contributed by atoms with Crippen molar-refractivity contribution < 1.29 is 9.53 Å². The summed E-state index contributed by atoms with van der Waals surface area (Å²) in [4.78, 5) is 13.4. The minimum atomic E-state index is -0.121. The summed E-state index contributed by atoms with van der Waals surface area (Å²) >= 11 is 1.59. The zero-order chi connectivity index (χ0) is 19.2. The maximum atomic E-state index is 12.4. The zero-order valence-corrected chi connectivity index (χ0v) is 15.3. The van der Waals surface area contributed by atoms with Crippen LogP contribution in [0.2, 0.25) is 0 Å². The molecule has 0 amide bonds. The van der Waals surface area contributed by atoms with Crippen molar-refractivity contribution in [1.29, 1.82) is 10.5 Å². The second kappa shape index (κ2) is 8.14. The van der Waals surface area contributed by atoms with Gasteiger partial charge in [0.2, 0.25) is 0 Å². The second-order valence-electron chi connectivity index (χ2n) is 5.78. The number of ketones is 1. The van der Waals surface area contributed by atoms with Crippen molar-refractivity contribution in [3.63, 3.8) is 0 Å². The molecule has 3 rings (SSSR count). The number of allylic oxidation sites excluding steroid dienone is 1. The van der Waals surface area contributed by atoms with Gasteiger partial charge in [-0.05, 0) is 66.4 Å². The van der Waals surface area contributed by atoms with E-state index in [1.54, 1.807) is 53.8 Å². The Hall–Kier alpha value is -3.67. The Morgan fingerprint density at radius 2 is 1.81 bits per heavy atom. The fraction of sp³-hybridized carbons (Fsp3) is 0.0455. The molecule has 0 aliphatic carbocycles. The Balaban J connectivity index is 1.78. The van der Waals surface area contributed by atoms with Crippen LogP contribution in [0.1, 0.15) is 31.9 Å². The lowest BCUT2D eigenvalue weighted by Gasteiger charge is -2.07. The van der Waals surface area contributed by atoms with Crippen LogP contribution in [0.4, 0.5) is 0 Å². The highest BCUT2D eigenvalue weighted by atomic mass is 32.1. The Bertz CT molecular complexity index is 1110. The van der Waals surface area contributed by atoms with E-state index in [0.717, 1.165) is 4.88 Å². The van der Waals surface area contributed by atoms with E-state index in [1.165, 1.54) is 17.7 Å². The number of nitriles is 2. The van der Waals surface area contributed by atoms with Crippen molar-refractivity contribution in [1.82, 2.24) is 0 Å². The monoisotopic (exact) mass is 370 g/mol. The third-order valence-corrected chi connectivity index (χ3v) is 4.75. The molecule has 5 heteroatoms. The van der Waals surface area contributed by atoms with E-state index in [1.807, 2.05) is 30.5 Å². The standard InChI is InChI=1S/C22H14N2O2S/c1-15-9-21(27-14-15)7-8-22(25)16-3-2-4-19(10-16)26-20-6-5-17(12-23)18(11-20)13-24/h2-11,14H,1H3/b8-7+. The minimum absolute atomic E-state index is 0.121. The second-order valence-corrected chi connectivity index (χ2v) is 6.73. The molecule has 0 saturated carbocycles. The number of thiophene rings is 1. The summed E-state index contributed by atoms with van der Waals surface area (Å²) in [5.41, 5.74) is 2.21. The van der Waals surface area contributed by atoms with Gasteiger partial charge in [0.25, 0.3) is 0 Å². The van der Waals surface area contributed by atoms with Gasteiger partial charge in [-0.25, -0.2) is 0 Å². The molecule has 27 heavy (non-hydrogen) atoms. The fourth-order valence-electron chi connectivity index (χ4n) is 2.42. The quantitative estimate of drug-likeness (QED) is 0.440. The van der Waals surface area contributed by atoms with Crippen molar-refractivity contribution in [2.45, 2.75) is 6.92 Å². The summed E-state index contributed by atoms with van der Waals surface area (Å²) < 4.78 is 5.74. The summed E-state index contributed by atoms with van der Waals surface area (Å²) in [6.07, 6.45) is 3.34. The van der Waals surface area contributed by atoms with Gasteiger partial charge in [-0.3, -0.25) is 4.79 Å². The number of hydrogen-bond acceptors (Lipinski definition) is 5. The molecule has 4 nitrogen and oxygen atoms in total. The third-order valence-electron chi connectivity index (χ3n) is 3.74. The Morgan fingerprint density at radius 3 is 2.52 bits per heavy atom. The highest BCUT2D eigenvalue weighted by Crippen LogP contribution is 2.25. The van der Waals surface area contributed by atoms with Gasteiger partial charge in [0.05, 0.1) is 11.1 Å². The molecule has 2 aromatic carbocycles. The van der Waals surface area contributed by atoms with E-state index in [-0.39, 0.29) is 11.3 Å². The van der Waals surface area contributed by atoms with Gasteiger partial charge < -0.3 is 4.74 Å². The summed E-state index contributed by atoms with van der Waals surface area (Å²) in [6.45, 7) is 2.01. The zero-order valence-electron chi connectivity index (χ0n) is 14.5. The number of aryl methyl sites for hydroxylation is 1. The molecule has 0 radical (unpaired) electrons.